The monoisotopic (exact) mass is 375 g/mol. The van der Waals surface area contributed by atoms with Crippen LogP contribution in [0.25, 0.3) is 16.9 Å². The van der Waals surface area contributed by atoms with E-state index in [1.54, 1.807) is 24.3 Å². The fourth-order valence-corrected chi connectivity index (χ4v) is 3.29. The second-order valence-electron chi connectivity index (χ2n) is 6.52. The molecular weight excluding hydrogens is 358 g/mol. The van der Waals surface area contributed by atoms with Crippen molar-refractivity contribution in [1.82, 2.24) is 9.38 Å². The molecule has 1 N–H and O–H groups in total. The zero-order chi connectivity index (χ0) is 19.0. The Balaban J connectivity index is 1.86. The number of hydrogen-bond donors (Lipinski definition) is 1. The van der Waals surface area contributed by atoms with Crippen LogP contribution in [0.4, 0.5) is 5.82 Å². The number of nitrogens with zero attached hydrogens (tertiary/aromatic N) is 2. The summed E-state index contributed by atoms with van der Waals surface area (Å²) in [6.07, 6.45) is 1.92. The Morgan fingerprint density at radius 2 is 1.85 bits per heavy atom. The highest BCUT2D eigenvalue weighted by molar-refractivity contribution is 6.31. The van der Waals surface area contributed by atoms with Gasteiger partial charge < -0.3 is 5.32 Å². The Hall–Kier alpha value is -3.11. The Morgan fingerprint density at radius 3 is 2.63 bits per heavy atom. The maximum absolute atomic E-state index is 12.8. The van der Waals surface area contributed by atoms with Crippen molar-refractivity contribution in [3.63, 3.8) is 0 Å². The van der Waals surface area contributed by atoms with Crippen LogP contribution < -0.4 is 5.32 Å². The van der Waals surface area contributed by atoms with E-state index < -0.39 is 0 Å². The van der Waals surface area contributed by atoms with Crippen LogP contribution in [0.3, 0.4) is 0 Å². The third-order valence-electron chi connectivity index (χ3n) is 4.50. The first kappa shape index (κ1) is 17.3. The summed E-state index contributed by atoms with van der Waals surface area (Å²) < 4.78 is 1.90. The molecule has 5 heteroatoms. The van der Waals surface area contributed by atoms with Gasteiger partial charge in [0.15, 0.2) is 0 Å². The Labute approximate surface area is 162 Å². The summed E-state index contributed by atoms with van der Waals surface area (Å²) in [5, 5.41) is 3.55. The van der Waals surface area contributed by atoms with Gasteiger partial charge in [0.05, 0.1) is 0 Å². The number of aromatic nitrogens is 2. The lowest BCUT2D eigenvalue weighted by atomic mass is 10.1. The number of halogens is 1. The molecule has 2 aromatic carbocycles. The number of carbonyl (C=O) groups is 1. The highest BCUT2D eigenvalue weighted by Gasteiger charge is 2.18. The van der Waals surface area contributed by atoms with Crippen molar-refractivity contribution < 1.29 is 4.79 Å². The van der Waals surface area contributed by atoms with Crippen LogP contribution in [0, 0.1) is 13.8 Å². The van der Waals surface area contributed by atoms with Gasteiger partial charge in [-0.05, 0) is 55.3 Å². The summed E-state index contributed by atoms with van der Waals surface area (Å²) in [6, 6.07) is 18.9. The predicted molar refractivity (Wildman–Crippen MR) is 110 cm³/mol. The first-order valence-electron chi connectivity index (χ1n) is 8.64. The molecule has 0 atom stereocenters. The van der Waals surface area contributed by atoms with Crippen molar-refractivity contribution >= 4 is 29.0 Å². The Kier molecular flexibility index (Phi) is 4.42. The molecule has 0 aliphatic rings. The summed E-state index contributed by atoms with van der Waals surface area (Å²) in [5.41, 5.74) is 5.22. The van der Waals surface area contributed by atoms with Gasteiger partial charge in [-0.2, -0.15) is 0 Å². The molecule has 4 rings (SSSR count). The van der Waals surface area contributed by atoms with E-state index in [-0.39, 0.29) is 5.91 Å². The number of pyridine rings is 1. The molecule has 4 aromatic rings. The SMILES string of the molecule is Cc1ccn2c(NC(=O)c3cccc(Cl)c3)c(-c3ccccc3C)nc2c1. The second-order valence-corrected chi connectivity index (χ2v) is 6.96. The van der Waals surface area contributed by atoms with Crippen LogP contribution in [0.15, 0.2) is 66.9 Å². The average Bonchev–Trinajstić information content (AvgIpc) is 2.99. The molecule has 2 heterocycles. The zero-order valence-electron chi connectivity index (χ0n) is 15.0. The Bertz CT molecular complexity index is 1160. The van der Waals surface area contributed by atoms with Crippen LogP contribution in [-0.2, 0) is 0 Å². The maximum atomic E-state index is 12.8. The summed E-state index contributed by atoms with van der Waals surface area (Å²) in [7, 11) is 0. The lowest BCUT2D eigenvalue weighted by Crippen LogP contribution is -2.14. The lowest BCUT2D eigenvalue weighted by molar-refractivity contribution is 0.102. The van der Waals surface area contributed by atoms with Crippen molar-refractivity contribution in [2.45, 2.75) is 13.8 Å². The molecule has 0 aliphatic carbocycles. The highest BCUT2D eigenvalue weighted by Crippen LogP contribution is 2.31. The predicted octanol–water partition coefficient (Wildman–Crippen LogP) is 5.52. The minimum absolute atomic E-state index is 0.227. The molecular formula is C22H18ClN3O. The van der Waals surface area contributed by atoms with Crippen LogP contribution in [0.2, 0.25) is 5.02 Å². The fourth-order valence-electron chi connectivity index (χ4n) is 3.10. The van der Waals surface area contributed by atoms with E-state index in [0.717, 1.165) is 28.0 Å². The van der Waals surface area contributed by atoms with Gasteiger partial charge in [0.25, 0.3) is 5.91 Å². The van der Waals surface area contributed by atoms with Crippen LogP contribution in [0.5, 0.6) is 0 Å². The number of fused-ring (bicyclic) bond motifs is 1. The molecule has 0 spiro atoms. The molecule has 27 heavy (non-hydrogen) atoms. The molecule has 0 bridgehead atoms. The van der Waals surface area contributed by atoms with Crippen LogP contribution >= 0.6 is 11.6 Å². The fraction of sp³-hybridized carbons (Fsp3) is 0.0909. The number of benzene rings is 2. The van der Waals surface area contributed by atoms with Gasteiger partial charge in [0, 0.05) is 22.3 Å². The van der Waals surface area contributed by atoms with Gasteiger partial charge in [0.2, 0.25) is 0 Å². The van der Waals surface area contributed by atoms with Gasteiger partial charge in [0.1, 0.15) is 17.2 Å². The van der Waals surface area contributed by atoms with Crippen LogP contribution in [0.1, 0.15) is 21.5 Å². The minimum Gasteiger partial charge on any atom is -0.306 e. The van der Waals surface area contributed by atoms with Crippen LogP contribution in [-0.4, -0.2) is 15.3 Å². The largest absolute Gasteiger partial charge is 0.306 e. The number of aryl methyl sites for hydroxylation is 2. The smallest absolute Gasteiger partial charge is 0.256 e. The van der Waals surface area contributed by atoms with Crippen molar-refractivity contribution in [2.24, 2.45) is 0 Å². The first-order chi connectivity index (χ1) is 13.0. The Morgan fingerprint density at radius 1 is 1.04 bits per heavy atom. The van der Waals surface area contributed by atoms with Crippen molar-refractivity contribution in [2.75, 3.05) is 5.32 Å². The number of imidazole rings is 1. The quantitative estimate of drug-likeness (QED) is 0.512. The van der Waals surface area contributed by atoms with E-state index in [2.05, 4.69) is 5.32 Å². The van der Waals surface area contributed by atoms with Crippen molar-refractivity contribution in [3.8, 4) is 11.3 Å². The molecule has 134 valence electrons. The number of carbonyl (C=O) groups excluding carboxylic acids is 1. The van der Waals surface area contributed by atoms with E-state index in [9.17, 15) is 4.79 Å². The van der Waals surface area contributed by atoms with Gasteiger partial charge in [-0.1, -0.05) is 41.9 Å². The summed E-state index contributed by atoms with van der Waals surface area (Å²) in [4.78, 5) is 17.6. The molecule has 1 amide bonds. The standard InChI is InChI=1S/C22H18ClN3O/c1-14-10-11-26-19(12-14)24-20(18-9-4-3-6-15(18)2)21(26)25-22(27)16-7-5-8-17(23)13-16/h3-13H,1-2H3,(H,25,27). The third-order valence-corrected chi connectivity index (χ3v) is 4.74. The number of amides is 1. The minimum atomic E-state index is -0.227. The van der Waals surface area contributed by atoms with E-state index in [0.29, 0.717) is 16.4 Å². The maximum Gasteiger partial charge on any atom is 0.256 e. The van der Waals surface area contributed by atoms with Gasteiger partial charge in [-0.3, -0.25) is 9.20 Å². The molecule has 0 fully saturated rings. The third kappa shape index (κ3) is 3.32. The lowest BCUT2D eigenvalue weighted by Gasteiger charge is -2.09. The molecule has 0 saturated carbocycles. The van der Waals surface area contributed by atoms with E-state index >= 15 is 0 Å². The molecule has 2 aromatic heterocycles. The second kappa shape index (κ2) is 6.89. The van der Waals surface area contributed by atoms with E-state index in [4.69, 9.17) is 16.6 Å². The molecule has 4 nitrogen and oxygen atoms in total. The highest BCUT2D eigenvalue weighted by atomic mass is 35.5. The topological polar surface area (TPSA) is 46.4 Å². The summed E-state index contributed by atoms with van der Waals surface area (Å²) in [5.74, 6) is 0.416. The number of rotatable bonds is 3. The number of nitrogens with one attached hydrogen (secondary N) is 1. The zero-order valence-corrected chi connectivity index (χ0v) is 15.8. The van der Waals surface area contributed by atoms with E-state index in [1.807, 2.05) is 60.8 Å². The van der Waals surface area contributed by atoms with E-state index in [1.165, 1.54) is 0 Å². The van der Waals surface area contributed by atoms with Crippen molar-refractivity contribution in [1.29, 1.82) is 0 Å². The number of hydrogen-bond acceptors (Lipinski definition) is 2. The molecule has 0 unspecified atom stereocenters. The first-order valence-corrected chi connectivity index (χ1v) is 9.02. The molecule has 0 aliphatic heterocycles. The summed E-state index contributed by atoms with van der Waals surface area (Å²) in [6.45, 7) is 4.06. The molecule has 0 saturated heterocycles. The van der Waals surface area contributed by atoms with Crippen molar-refractivity contribution in [3.05, 3.63) is 88.6 Å². The normalized spacial score (nSPS) is 10.9. The van der Waals surface area contributed by atoms with Gasteiger partial charge in [-0.15, -0.1) is 0 Å². The number of anilines is 1. The molecule has 0 radical (unpaired) electrons. The van der Waals surface area contributed by atoms with Gasteiger partial charge >= 0.3 is 0 Å². The average molecular weight is 376 g/mol. The summed E-state index contributed by atoms with van der Waals surface area (Å²) >= 11 is 6.03. The van der Waals surface area contributed by atoms with Gasteiger partial charge in [-0.25, -0.2) is 4.98 Å².